The van der Waals surface area contributed by atoms with Crippen LogP contribution >= 0.6 is 27.3 Å². The Morgan fingerprint density at radius 1 is 1.00 bits per heavy atom. The van der Waals surface area contributed by atoms with Gasteiger partial charge in [0.2, 0.25) is 0 Å². The van der Waals surface area contributed by atoms with Gasteiger partial charge in [0.05, 0.1) is 0 Å². The average Bonchev–Trinajstić information content (AvgIpc) is 2.93. The molecule has 2 aromatic carbocycles. The average molecular weight is 319 g/mol. The molecule has 0 saturated carbocycles. The zero-order chi connectivity index (χ0) is 12.5. The minimum absolute atomic E-state index is 0.561. The summed E-state index contributed by atoms with van der Waals surface area (Å²) in [4.78, 5) is 0. The van der Waals surface area contributed by atoms with Crippen LogP contribution in [0.25, 0.3) is 10.8 Å². The molecule has 0 amide bonds. The van der Waals surface area contributed by atoms with Crippen LogP contribution in [0.4, 0.5) is 0 Å². The van der Waals surface area contributed by atoms with Crippen LogP contribution in [0, 0.1) is 0 Å². The molecule has 1 nitrogen and oxygen atoms in total. The van der Waals surface area contributed by atoms with Crippen molar-refractivity contribution in [2.24, 2.45) is 0 Å². The van der Waals surface area contributed by atoms with Crippen molar-refractivity contribution in [3.05, 3.63) is 68.8 Å². The first kappa shape index (κ1) is 11.9. The van der Waals surface area contributed by atoms with Gasteiger partial charge in [0.1, 0.15) is 6.10 Å². The number of hydrogen-bond acceptors (Lipinski definition) is 2. The van der Waals surface area contributed by atoms with Crippen LogP contribution in [0.1, 0.15) is 17.2 Å². The Hall–Kier alpha value is -1.16. The van der Waals surface area contributed by atoms with Crippen molar-refractivity contribution < 1.29 is 5.11 Å². The third-order valence-corrected chi connectivity index (χ3v) is 4.45. The molecule has 0 spiro atoms. The van der Waals surface area contributed by atoms with E-state index in [1.54, 1.807) is 11.3 Å². The summed E-state index contributed by atoms with van der Waals surface area (Å²) in [7, 11) is 0. The zero-order valence-electron chi connectivity index (χ0n) is 9.51. The van der Waals surface area contributed by atoms with Gasteiger partial charge in [-0.25, -0.2) is 0 Å². The van der Waals surface area contributed by atoms with E-state index in [2.05, 4.69) is 22.0 Å². The smallest absolute Gasteiger partial charge is 0.105 e. The molecule has 0 aliphatic carbocycles. The summed E-state index contributed by atoms with van der Waals surface area (Å²) in [5.74, 6) is 0. The van der Waals surface area contributed by atoms with E-state index in [9.17, 15) is 5.11 Å². The van der Waals surface area contributed by atoms with E-state index >= 15 is 0 Å². The first-order valence-corrected chi connectivity index (χ1v) is 7.38. The van der Waals surface area contributed by atoms with Crippen molar-refractivity contribution in [1.29, 1.82) is 0 Å². The second kappa shape index (κ2) is 4.84. The predicted molar refractivity (Wildman–Crippen MR) is 80.0 cm³/mol. The molecule has 1 atom stereocenters. The van der Waals surface area contributed by atoms with Crippen LogP contribution in [0.5, 0.6) is 0 Å². The molecule has 0 aliphatic rings. The summed E-state index contributed by atoms with van der Waals surface area (Å²) >= 11 is 5.15. The number of fused-ring (bicyclic) bond motifs is 1. The fourth-order valence-corrected chi connectivity index (χ4v) is 3.29. The molecule has 3 heteroatoms. The molecule has 90 valence electrons. The summed E-state index contributed by atoms with van der Waals surface area (Å²) in [6.07, 6.45) is -0.561. The highest BCUT2D eigenvalue weighted by Gasteiger charge is 2.14. The standard InChI is InChI=1S/C15H11BrOS/c16-14-6-5-13(11-3-1-2-4-12(11)14)15(17)10-7-8-18-9-10/h1-9,15,17H. The first-order valence-electron chi connectivity index (χ1n) is 5.64. The number of thiophene rings is 1. The Bertz CT molecular complexity index is 676. The lowest BCUT2D eigenvalue weighted by molar-refractivity contribution is 0.222. The Morgan fingerprint density at radius 2 is 1.78 bits per heavy atom. The Morgan fingerprint density at radius 3 is 2.50 bits per heavy atom. The fourth-order valence-electron chi connectivity index (χ4n) is 2.13. The number of hydrogen-bond donors (Lipinski definition) is 1. The summed E-state index contributed by atoms with van der Waals surface area (Å²) < 4.78 is 1.05. The van der Waals surface area contributed by atoms with Gasteiger partial charge in [0.15, 0.2) is 0 Å². The van der Waals surface area contributed by atoms with Gasteiger partial charge in [0.25, 0.3) is 0 Å². The number of rotatable bonds is 2. The van der Waals surface area contributed by atoms with Crippen molar-refractivity contribution >= 4 is 38.0 Å². The van der Waals surface area contributed by atoms with Crippen molar-refractivity contribution in [1.82, 2.24) is 0 Å². The molecule has 0 fully saturated rings. The highest BCUT2D eigenvalue weighted by Crippen LogP contribution is 2.33. The van der Waals surface area contributed by atoms with Gasteiger partial charge in [-0.1, -0.05) is 46.3 Å². The van der Waals surface area contributed by atoms with Crippen LogP contribution in [0.15, 0.2) is 57.7 Å². The Labute approximate surface area is 118 Å². The number of aliphatic hydroxyl groups excluding tert-OH is 1. The minimum atomic E-state index is -0.561. The second-order valence-corrected chi connectivity index (χ2v) is 5.78. The molecule has 3 aromatic rings. The molecule has 0 bridgehead atoms. The molecule has 1 aromatic heterocycles. The lowest BCUT2D eigenvalue weighted by Gasteiger charge is -2.13. The van der Waals surface area contributed by atoms with E-state index in [0.717, 1.165) is 26.4 Å². The van der Waals surface area contributed by atoms with Crippen LogP contribution in [-0.2, 0) is 0 Å². The van der Waals surface area contributed by atoms with Crippen LogP contribution < -0.4 is 0 Å². The van der Waals surface area contributed by atoms with Crippen LogP contribution in [0.2, 0.25) is 0 Å². The molecular formula is C15H11BrOS. The highest BCUT2D eigenvalue weighted by molar-refractivity contribution is 9.10. The maximum Gasteiger partial charge on any atom is 0.105 e. The van der Waals surface area contributed by atoms with Gasteiger partial charge in [-0.2, -0.15) is 11.3 Å². The summed E-state index contributed by atoms with van der Waals surface area (Å²) in [5.41, 5.74) is 1.90. The van der Waals surface area contributed by atoms with Gasteiger partial charge in [-0.3, -0.25) is 0 Å². The molecule has 1 heterocycles. The topological polar surface area (TPSA) is 20.2 Å². The van der Waals surface area contributed by atoms with Gasteiger partial charge in [0, 0.05) is 4.47 Å². The third kappa shape index (κ3) is 1.99. The summed E-state index contributed by atoms with van der Waals surface area (Å²) in [6, 6.07) is 14.1. The molecule has 1 N–H and O–H groups in total. The van der Waals surface area contributed by atoms with Gasteiger partial charge >= 0.3 is 0 Å². The van der Waals surface area contributed by atoms with E-state index in [4.69, 9.17) is 0 Å². The van der Waals surface area contributed by atoms with Gasteiger partial charge < -0.3 is 5.11 Å². The minimum Gasteiger partial charge on any atom is -0.384 e. The molecular weight excluding hydrogens is 308 g/mol. The number of halogens is 1. The third-order valence-electron chi connectivity index (χ3n) is 3.06. The zero-order valence-corrected chi connectivity index (χ0v) is 11.9. The van der Waals surface area contributed by atoms with Gasteiger partial charge in [-0.05, 0) is 44.8 Å². The van der Waals surface area contributed by atoms with Gasteiger partial charge in [-0.15, -0.1) is 0 Å². The van der Waals surface area contributed by atoms with Crippen LogP contribution in [0.3, 0.4) is 0 Å². The molecule has 3 rings (SSSR count). The maximum atomic E-state index is 10.5. The van der Waals surface area contributed by atoms with Crippen molar-refractivity contribution in [3.63, 3.8) is 0 Å². The first-order chi connectivity index (χ1) is 8.77. The fraction of sp³-hybridized carbons (Fsp3) is 0.0667. The quantitative estimate of drug-likeness (QED) is 0.723. The predicted octanol–water partition coefficient (Wildman–Crippen LogP) is 4.75. The molecule has 0 saturated heterocycles. The lowest BCUT2D eigenvalue weighted by atomic mass is 9.97. The van der Waals surface area contributed by atoms with E-state index in [0.29, 0.717) is 0 Å². The second-order valence-electron chi connectivity index (χ2n) is 4.14. The van der Waals surface area contributed by atoms with E-state index in [-0.39, 0.29) is 0 Å². The normalized spacial score (nSPS) is 12.8. The van der Waals surface area contributed by atoms with E-state index in [1.165, 1.54) is 0 Å². The van der Waals surface area contributed by atoms with E-state index in [1.807, 2.05) is 47.2 Å². The molecule has 0 radical (unpaired) electrons. The van der Waals surface area contributed by atoms with Crippen molar-refractivity contribution in [2.75, 3.05) is 0 Å². The summed E-state index contributed by atoms with van der Waals surface area (Å²) in [5, 5.41) is 16.7. The summed E-state index contributed by atoms with van der Waals surface area (Å²) in [6.45, 7) is 0. The van der Waals surface area contributed by atoms with Crippen molar-refractivity contribution in [2.45, 2.75) is 6.10 Å². The largest absolute Gasteiger partial charge is 0.384 e. The Balaban J connectivity index is 2.21. The number of benzene rings is 2. The molecule has 0 aliphatic heterocycles. The maximum absolute atomic E-state index is 10.5. The van der Waals surface area contributed by atoms with E-state index < -0.39 is 6.10 Å². The SMILES string of the molecule is OC(c1ccsc1)c1ccc(Br)c2ccccc12. The molecule has 18 heavy (non-hydrogen) atoms. The van der Waals surface area contributed by atoms with Crippen LogP contribution in [-0.4, -0.2) is 5.11 Å². The number of aliphatic hydroxyl groups is 1. The monoisotopic (exact) mass is 318 g/mol. The Kier molecular flexibility index (Phi) is 3.20. The molecule has 1 unspecified atom stereocenters. The highest BCUT2D eigenvalue weighted by atomic mass is 79.9. The van der Waals surface area contributed by atoms with Crippen molar-refractivity contribution in [3.8, 4) is 0 Å². The lowest BCUT2D eigenvalue weighted by Crippen LogP contribution is -1.99.